The number of thioether (sulfide) groups is 1. The Labute approximate surface area is 103 Å². The topological polar surface area (TPSA) is 49.3 Å². The molecule has 0 saturated heterocycles. The average molecular weight is 247 g/mol. The molecule has 0 rings (SSSR count). The molecule has 0 bridgehead atoms. The fourth-order valence-electron chi connectivity index (χ4n) is 1.06. The van der Waals surface area contributed by atoms with E-state index in [4.69, 9.17) is 5.11 Å². The Balaban J connectivity index is 3.81. The average Bonchev–Trinajstić information content (AvgIpc) is 2.10. The number of aliphatic hydroxyl groups excluding tert-OH is 1. The number of amides is 1. The van der Waals surface area contributed by atoms with Crippen LogP contribution in [0.5, 0.6) is 0 Å². The second kappa shape index (κ2) is 6.50. The number of nitrogens with one attached hydrogen (secondary N) is 1. The summed E-state index contributed by atoms with van der Waals surface area (Å²) in [5, 5.41) is 11.8. The van der Waals surface area contributed by atoms with Crippen molar-refractivity contribution in [1.82, 2.24) is 5.32 Å². The van der Waals surface area contributed by atoms with E-state index in [1.54, 1.807) is 11.8 Å². The van der Waals surface area contributed by atoms with Gasteiger partial charge in [0.2, 0.25) is 5.91 Å². The highest BCUT2D eigenvalue weighted by molar-refractivity contribution is 8.01. The molecule has 0 aliphatic rings. The third-order valence-electron chi connectivity index (χ3n) is 2.19. The van der Waals surface area contributed by atoms with E-state index in [2.05, 4.69) is 26.1 Å². The second-order valence-corrected chi connectivity index (χ2v) is 7.62. The van der Waals surface area contributed by atoms with Crippen LogP contribution in [0.1, 0.15) is 41.0 Å². The monoisotopic (exact) mass is 247 g/mol. The molecule has 3 nitrogen and oxygen atoms in total. The summed E-state index contributed by atoms with van der Waals surface area (Å²) in [6.45, 7) is 11.2. The molecule has 96 valence electrons. The minimum Gasteiger partial charge on any atom is -0.396 e. The molecule has 0 aromatic rings. The predicted molar refractivity (Wildman–Crippen MR) is 70.7 cm³/mol. The Morgan fingerprint density at radius 2 is 1.81 bits per heavy atom. The van der Waals surface area contributed by atoms with Crippen LogP contribution in [0.15, 0.2) is 0 Å². The summed E-state index contributed by atoms with van der Waals surface area (Å²) in [6.07, 6.45) is 0.708. The van der Waals surface area contributed by atoms with Crippen molar-refractivity contribution in [3.05, 3.63) is 0 Å². The van der Waals surface area contributed by atoms with Crippen molar-refractivity contribution in [1.29, 1.82) is 0 Å². The van der Waals surface area contributed by atoms with E-state index in [9.17, 15) is 4.79 Å². The Kier molecular flexibility index (Phi) is 6.41. The van der Waals surface area contributed by atoms with E-state index < -0.39 is 0 Å². The Morgan fingerprint density at radius 1 is 1.25 bits per heavy atom. The fourth-order valence-corrected chi connectivity index (χ4v) is 1.73. The smallest absolute Gasteiger partial charge is 0.230 e. The van der Waals surface area contributed by atoms with Crippen molar-refractivity contribution >= 4 is 17.7 Å². The van der Waals surface area contributed by atoms with Crippen LogP contribution in [-0.2, 0) is 4.79 Å². The Bertz CT molecular complexity index is 222. The third-order valence-corrected chi connectivity index (χ3v) is 3.46. The summed E-state index contributed by atoms with van der Waals surface area (Å²) in [4.78, 5) is 11.5. The molecule has 0 saturated carbocycles. The highest BCUT2D eigenvalue weighted by Gasteiger charge is 2.19. The van der Waals surface area contributed by atoms with Gasteiger partial charge < -0.3 is 10.4 Å². The Hall–Kier alpha value is -0.220. The zero-order chi connectivity index (χ0) is 12.8. The highest BCUT2D eigenvalue weighted by Crippen LogP contribution is 2.23. The normalized spacial score (nSPS) is 12.6. The summed E-state index contributed by atoms with van der Waals surface area (Å²) in [6, 6.07) is 0. The molecule has 0 heterocycles. The van der Waals surface area contributed by atoms with Crippen LogP contribution in [0.25, 0.3) is 0 Å². The lowest BCUT2D eigenvalue weighted by Crippen LogP contribution is -2.36. The SMILES string of the molecule is CC(C)(CCO)CNC(=O)CSC(C)(C)C. The van der Waals surface area contributed by atoms with Gasteiger partial charge in [0.15, 0.2) is 0 Å². The molecule has 4 heteroatoms. The van der Waals surface area contributed by atoms with Crippen molar-refractivity contribution < 1.29 is 9.90 Å². The number of hydrogen-bond acceptors (Lipinski definition) is 3. The fraction of sp³-hybridized carbons (Fsp3) is 0.917. The molecule has 0 spiro atoms. The molecular formula is C12H25NO2S. The molecule has 0 unspecified atom stereocenters. The maximum absolute atomic E-state index is 11.5. The molecule has 0 atom stereocenters. The molecule has 0 aliphatic heterocycles. The van der Waals surface area contributed by atoms with Crippen molar-refractivity contribution in [2.75, 3.05) is 18.9 Å². The van der Waals surface area contributed by atoms with E-state index >= 15 is 0 Å². The number of hydrogen-bond donors (Lipinski definition) is 2. The molecule has 2 N–H and O–H groups in total. The Morgan fingerprint density at radius 3 is 2.25 bits per heavy atom. The molecule has 1 amide bonds. The molecule has 0 aliphatic carbocycles. The predicted octanol–water partition coefficient (Wildman–Crippen LogP) is 2.04. The van der Waals surface area contributed by atoms with E-state index in [0.717, 1.165) is 0 Å². The van der Waals surface area contributed by atoms with Gasteiger partial charge in [0.05, 0.1) is 5.75 Å². The first-order valence-electron chi connectivity index (χ1n) is 5.68. The molecule has 0 fully saturated rings. The maximum atomic E-state index is 11.5. The third kappa shape index (κ3) is 9.04. The van der Waals surface area contributed by atoms with Gasteiger partial charge in [-0.2, -0.15) is 0 Å². The first-order valence-corrected chi connectivity index (χ1v) is 6.66. The van der Waals surface area contributed by atoms with E-state index in [-0.39, 0.29) is 22.7 Å². The van der Waals surface area contributed by atoms with Crippen LogP contribution in [0.2, 0.25) is 0 Å². The standard InChI is InChI=1S/C12H25NO2S/c1-11(2,3)16-8-10(15)13-9-12(4,5)6-7-14/h14H,6-9H2,1-5H3,(H,13,15). The molecular weight excluding hydrogens is 222 g/mol. The highest BCUT2D eigenvalue weighted by atomic mass is 32.2. The van der Waals surface area contributed by atoms with Crippen molar-refractivity contribution in [2.24, 2.45) is 5.41 Å². The molecule has 0 aromatic carbocycles. The summed E-state index contributed by atoms with van der Waals surface area (Å²) >= 11 is 1.64. The summed E-state index contributed by atoms with van der Waals surface area (Å²) in [5.41, 5.74) is -0.0309. The summed E-state index contributed by atoms with van der Waals surface area (Å²) < 4.78 is 0.123. The molecule has 0 aromatic heterocycles. The van der Waals surface area contributed by atoms with Gasteiger partial charge in [0.1, 0.15) is 0 Å². The first-order chi connectivity index (χ1) is 7.16. The van der Waals surface area contributed by atoms with Crippen LogP contribution >= 0.6 is 11.8 Å². The number of carbonyl (C=O) groups is 1. The summed E-state index contributed by atoms with van der Waals surface area (Å²) in [7, 11) is 0. The van der Waals surface area contributed by atoms with Gasteiger partial charge >= 0.3 is 0 Å². The van der Waals surface area contributed by atoms with Gasteiger partial charge in [0, 0.05) is 17.9 Å². The minimum atomic E-state index is -0.0309. The second-order valence-electron chi connectivity index (χ2n) is 5.82. The van der Waals surface area contributed by atoms with Gasteiger partial charge in [-0.25, -0.2) is 0 Å². The molecule has 16 heavy (non-hydrogen) atoms. The van der Waals surface area contributed by atoms with Crippen molar-refractivity contribution in [3.63, 3.8) is 0 Å². The van der Waals surface area contributed by atoms with Gasteiger partial charge in [-0.05, 0) is 11.8 Å². The lowest BCUT2D eigenvalue weighted by atomic mass is 9.90. The molecule has 0 radical (unpaired) electrons. The zero-order valence-corrected chi connectivity index (χ0v) is 11.9. The number of carbonyl (C=O) groups excluding carboxylic acids is 1. The zero-order valence-electron chi connectivity index (χ0n) is 11.1. The van der Waals surface area contributed by atoms with Crippen LogP contribution in [0, 0.1) is 5.41 Å². The quantitative estimate of drug-likeness (QED) is 0.755. The van der Waals surface area contributed by atoms with Crippen LogP contribution < -0.4 is 5.32 Å². The van der Waals surface area contributed by atoms with Gasteiger partial charge in [-0.3, -0.25) is 4.79 Å². The van der Waals surface area contributed by atoms with Crippen LogP contribution in [0.3, 0.4) is 0 Å². The van der Waals surface area contributed by atoms with Crippen LogP contribution in [-0.4, -0.2) is 34.7 Å². The number of rotatable bonds is 6. The largest absolute Gasteiger partial charge is 0.396 e. The van der Waals surface area contributed by atoms with Crippen molar-refractivity contribution in [2.45, 2.75) is 45.8 Å². The van der Waals surface area contributed by atoms with Gasteiger partial charge in [-0.1, -0.05) is 34.6 Å². The maximum Gasteiger partial charge on any atom is 0.230 e. The van der Waals surface area contributed by atoms with Crippen LogP contribution in [0.4, 0.5) is 0 Å². The minimum absolute atomic E-state index is 0.0309. The van der Waals surface area contributed by atoms with Crippen molar-refractivity contribution in [3.8, 4) is 0 Å². The summed E-state index contributed by atoms with van der Waals surface area (Å²) in [5.74, 6) is 0.574. The van der Waals surface area contributed by atoms with Gasteiger partial charge in [-0.15, -0.1) is 11.8 Å². The number of aliphatic hydroxyl groups is 1. The lowest BCUT2D eigenvalue weighted by molar-refractivity contribution is -0.119. The first kappa shape index (κ1) is 15.8. The lowest BCUT2D eigenvalue weighted by Gasteiger charge is -2.24. The van der Waals surface area contributed by atoms with E-state index in [0.29, 0.717) is 18.7 Å². The van der Waals surface area contributed by atoms with E-state index in [1.807, 2.05) is 13.8 Å². The van der Waals surface area contributed by atoms with Gasteiger partial charge in [0.25, 0.3) is 0 Å². The van der Waals surface area contributed by atoms with E-state index in [1.165, 1.54) is 0 Å².